The molecule has 148 valence electrons. The number of guanidine groups is 1. The van der Waals surface area contributed by atoms with Gasteiger partial charge in [-0.3, -0.25) is 9.79 Å². The SMILES string of the molecule is CN=C(NCCc1c(C)[nH]c2ccccc12)NCC(=O)N(C)CC(F)(F)F. The number of fused-ring (bicyclic) bond motifs is 1. The van der Waals surface area contributed by atoms with Crippen LogP contribution in [0.5, 0.6) is 0 Å². The molecule has 2 aromatic rings. The van der Waals surface area contributed by atoms with E-state index in [4.69, 9.17) is 0 Å². The van der Waals surface area contributed by atoms with Crippen LogP contribution in [0.1, 0.15) is 11.3 Å². The Bertz CT molecular complexity index is 813. The summed E-state index contributed by atoms with van der Waals surface area (Å²) in [5.41, 5.74) is 3.35. The predicted molar refractivity (Wildman–Crippen MR) is 99.8 cm³/mol. The van der Waals surface area contributed by atoms with Crippen molar-refractivity contribution in [2.75, 3.05) is 33.7 Å². The summed E-state index contributed by atoms with van der Waals surface area (Å²) in [6.45, 7) is 1.03. The number of rotatable bonds is 6. The molecular weight excluding hydrogens is 359 g/mol. The van der Waals surface area contributed by atoms with Crippen molar-refractivity contribution in [3.8, 4) is 0 Å². The van der Waals surface area contributed by atoms with E-state index in [1.54, 1.807) is 0 Å². The lowest BCUT2D eigenvalue weighted by molar-refractivity contribution is -0.157. The summed E-state index contributed by atoms with van der Waals surface area (Å²) in [6, 6.07) is 8.02. The second-order valence-corrected chi connectivity index (χ2v) is 6.24. The molecule has 0 radical (unpaired) electrons. The summed E-state index contributed by atoms with van der Waals surface area (Å²) in [5.74, 6) is -0.302. The molecule has 0 saturated carbocycles. The van der Waals surface area contributed by atoms with Gasteiger partial charge in [-0.15, -0.1) is 0 Å². The number of halogens is 3. The number of nitrogens with one attached hydrogen (secondary N) is 3. The van der Waals surface area contributed by atoms with Gasteiger partial charge in [0.2, 0.25) is 5.91 Å². The summed E-state index contributed by atoms with van der Waals surface area (Å²) in [5, 5.41) is 6.97. The van der Waals surface area contributed by atoms with E-state index in [0.717, 1.165) is 30.1 Å². The molecule has 0 fully saturated rings. The smallest absolute Gasteiger partial charge is 0.358 e. The second-order valence-electron chi connectivity index (χ2n) is 6.24. The molecule has 6 nitrogen and oxygen atoms in total. The molecule has 27 heavy (non-hydrogen) atoms. The predicted octanol–water partition coefficient (Wildman–Crippen LogP) is 2.20. The molecule has 0 saturated heterocycles. The van der Waals surface area contributed by atoms with Gasteiger partial charge in [0, 0.05) is 37.2 Å². The highest BCUT2D eigenvalue weighted by molar-refractivity contribution is 5.87. The van der Waals surface area contributed by atoms with Crippen molar-refractivity contribution in [1.29, 1.82) is 0 Å². The number of aryl methyl sites for hydroxylation is 1. The van der Waals surface area contributed by atoms with Crippen LogP contribution in [0.2, 0.25) is 0 Å². The zero-order chi connectivity index (χ0) is 20.0. The molecule has 1 aromatic carbocycles. The van der Waals surface area contributed by atoms with Crippen molar-refractivity contribution in [2.24, 2.45) is 4.99 Å². The van der Waals surface area contributed by atoms with Crippen LogP contribution in [0.3, 0.4) is 0 Å². The molecule has 0 spiro atoms. The van der Waals surface area contributed by atoms with Gasteiger partial charge in [0.15, 0.2) is 5.96 Å². The Morgan fingerprint density at radius 2 is 1.96 bits per heavy atom. The molecule has 0 aliphatic carbocycles. The van der Waals surface area contributed by atoms with E-state index >= 15 is 0 Å². The standard InChI is InChI=1S/C18H24F3N5O/c1-12-13(14-6-4-5-7-15(14)25-12)8-9-23-17(22-2)24-10-16(27)26(3)11-18(19,20)21/h4-7,25H,8-11H2,1-3H3,(H2,22,23,24). The number of hydrogen-bond acceptors (Lipinski definition) is 2. The van der Waals surface area contributed by atoms with Crippen LogP contribution >= 0.6 is 0 Å². The molecule has 0 aliphatic heterocycles. The van der Waals surface area contributed by atoms with Crippen LogP contribution in [0.4, 0.5) is 13.2 Å². The molecule has 1 amide bonds. The van der Waals surface area contributed by atoms with Crippen molar-refractivity contribution in [3.63, 3.8) is 0 Å². The Labute approximate surface area is 155 Å². The number of aromatic nitrogens is 1. The highest BCUT2D eigenvalue weighted by Crippen LogP contribution is 2.21. The Kier molecular flexibility index (Phi) is 6.70. The third-order valence-electron chi connectivity index (χ3n) is 4.17. The van der Waals surface area contributed by atoms with Crippen molar-refractivity contribution in [2.45, 2.75) is 19.5 Å². The van der Waals surface area contributed by atoms with E-state index in [1.807, 2.05) is 25.1 Å². The van der Waals surface area contributed by atoms with Crippen molar-refractivity contribution in [3.05, 3.63) is 35.5 Å². The minimum absolute atomic E-state index is 0.266. The van der Waals surface area contributed by atoms with Gasteiger partial charge in [0.1, 0.15) is 6.54 Å². The summed E-state index contributed by atoms with van der Waals surface area (Å²) in [4.78, 5) is 19.7. The fourth-order valence-electron chi connectivity index (χ4n) is 2.83. The quantitative estimate of drug-likeness (QED) is 0.529. The number of carbonyl (C=O) groups excluding carboxylic acids is 1. The minimum atomic E-state index is -4.42. The van der Waals surface area contributed by atoms with Gasteiger partial charge in [-0.05, 0) is 25.0 Å². The number of hydrogen-bond donors (Lipinski definition) is 3. The molecule has 0 aliphatic rings. The van der Waals surface area contributed by atoms with E-state index in [2.05, 4.69) is 26.7 Å². The number of aromatic amines is 1. The number of alkyl halides is 3. The maximum atomic E-state index is 12.3. The number of nitrogens with zero attached hydrogens (tertiary/aromatic N) is 2. The minimum Gasteiger partial charge on any atom is -0.358 e. The fourth-order valence-corrected chi connectivity index (χ4v) is 2.83. The van der Waals surface area contributed by atoms with Crippen molar-refractivity contribution < 1.29 is 18.0 Å². The van der Waals surface area contributed by atoms with E-state index in [-0.39, 0.29) is 6.54 Å². The molecule has 9 heteroatoms. The maximum absolute atomic E-state index is 12.3. The highest BCUT2D eigenvalue weighted by atomic mass is 19.4. The van der Waals surface area contributed by atoms with Gasteiger partial charge >= 0.3 is 6.18 Å². The van der Waals surface area contributed by atoms with Crippen LogP contribution in [0, 0.1) is 6.92 Å². The lowest BCUT2D eigenvalue weighted by Gasteiger charge is -2.20. The summed E-state index contributed by atoms with van der Waals surface area (Å²) in [6.07, 6.45) is -3.68. The molecule has 3 N–H and O–H groups in total. The number of benzene rings is 1. The molecule has 1 aromatic heterocycles. The fraction of sp³-hybridized carbons (Fsp3) is 0.444. The van der Waals surface area contributed by atoms with Gasteiger partial charge in [-0.25, -0.2) is 0 Å². The summed E-state index contributed by atoms with van der Waals surface area (Å²) < 4.78 is 37.0. The van der Waals surface area contributed by atoms with Crippen molar-refractivity contribution >= 4 is 22.8 Å². The Hall–Kier alpha value is -2.71. The first-order valence-electron chi connectivity index (χ1n) is 8.52. The lowest BCUT2D eigenvalue weighted by Crippen LogP contribution is -2.45. The first kappa shape index (κ1) is 20.6. The molecule has 0 bridgehead atoms. The number of para-hydroxylation sites is 1. The van der Waals surface area contributed by atoms with Crippen molar-refractivity contribution in [1.82, 2.24) is 20.5 Å². The molecular formula is C18H24F3N5O. The zero-order valence-corrected chi connectivity index (χ0v) is 15.6. The molecule has 0 unspecified atom stereocenters. The topological polar surface area (TPSA) is 72.5 Å². The van der Waals surface area contributed by atoms with Gasteiger partial charge in [-0.2, -0.15) is 13.2 Å². The van der Waals surface area contributed by atoms with Gasteiger partial charge in [0.05, 0.1) is 6.54 Å². The van der Waals surface area contributed by atoms with E-state index in [1.165, 1.54) is 12.6 Å². The Morgan fingerprint density at radius 1 is 1.26 bits per heavy atom. The first-order valence-corrected chi connectivity index (χ1v) is 8.52. The van der Waals surface area contributed by atoms with Crippen LogP contribution in [0.25, 0.3) is 10.9 Å². The zero-order valence-electron chi connectivity index (χ0n) is 15.6. The average Bonchev–Trinajstić information content (AvgIpc) is 2.91. The van der Waals surface area contributed by atoms with E-state index in [9.17, 15) is 18.0 Å². The third kappa shape index (κ3) is 5.90. The number of aliphatic imine (C=N–C) groups is 1. The molecule has 2 rings (SSSR count). The largest absolute Gasteiger partial charge is 0.406 e. The van der Waals surface area contributed by atoms with E-state index in [0.29, 0.717) is 17.4 Å². The molecule has 0 atom stereocenters. The number of H-pyrrole nitrogens is 1. The van der Waals surface area contributed by atoms with Gasteiger partial charge in [0.25, 0.3) is 0 Å². The van der Waals surface area contributed by atoms with Gasteiger partial charge in [-0.1, -0.05) is 18.2 Å². The van der Waals surface area contributed by atoms with Crippen LogP contribution in [-0.2, 0) is 11.2 Å². The first-order chi connectivity index (χ1) is 12.7. The normalized spacial score (nSPS) is 12.3. The van der Waals surface area contributed by atoms with E-state index < -0.39 is 18.6 Å². The maximum Gasteiger partial charge on any atom is 0.406 e. The van der Waals surface area contributed by atoms with Crippen LogP contribution in [0.15, 0.2) is 29.3 Å². The monoisotopic (exact) mass is 383 g/mol. The van der Waals surface area contributed by atoms with Crippen LogP contribution < -0.4 is 10.6 Å². The summed E-state index contributed by atoms with van der Waals surface area (Å²) >= 11 is 0. The summed E-state index contributed by atoms with van der Waals surface area (Å²) in [7, 11) is 2.66. The van der Waals surface area contributed by atoms with Gasteiger partial charge < -0.3 is 20.5 Å². The lowest BCUT2D eigenvalue weighted by atomic mass is 10.1. The highest BCUT2D eigenvalue weighted by Gasteiger charge is 2.31. The number of carbonyl (C=O) groups is 1. The number of likely N-dealkylation sites (N-methyl/N-ethyl adjacent to an activating group) is 1. The van der Waals surface area contributed by atoms with Crippen LogP contribution in [-0.4, -0.2) is 61.7 Å². The third-order valence-corrected chi connectivity index (χ3v) is 4.17. The average molecular weight is 383 g/mol. The second kappa shape index (κ2) is 8.79. The molecule has 1 heterocycles. The number of amides is 1. The Morgan fingerprint density at radius 3 is 2.63 bits per heavy atom. The Balaban J connectivity index is 1.84.